The molecule has 2 aliphatic rings. The molecule has 1 saturated heterocycles. The first-order valence-electron chi connectivity index (χ1n) is 10.5. The third kappa shape index (κ3) is 5.52. The predicted molar refractivity (Wildman–Crippen MR) is 115 cm³/mol. The van der Waals surface area contributed by atoms with Crippen LogP contribution < -0.4 is 9.47 Å². The van der Waals surface area contributed by atoms with Gasteiger partial charge < -0.3 is 14.4 Å². The van der Waals surface area contributed by atoms with Crippen molar-refractivity contribution in [1.29, 1.82) is 0 Å². The van der Waals surface area contributed by atoms with Crippen LogP contribution in [-0.4, -0.2) is 56.7 Å². The Bertz CT molecular complexity index is 582. The molecule has 5 heteroatoms. The van der Waals surface area contributed by atoms with Gasteiger partial charge in [-0.05, 0) is 42.6 Å². The lowest BCUT2D eigenvalue weighted by molar-refractivity contribution is 0.0660. The zero-order valence-electron chi connectivity index (χ0n) is 17.3. The molecule has 0 aromatic heterocycles. The highest BCUT2D eigenvalue weighted by Crippen LogP contribution is 2.39. The van der Waals surface area contributed by atoms with E-state index in [1.165, 1.54) is 69.3 Å². The number of hydrogen-bond donors (Lipinski definition) is 0. The summed E-state index contributed by atoms with van der Waals surface area (Å²) in [7, 11) is 3.46. The molecule has 3 rings (SSSR count). The molecular weight excluding hydrogens is 360 g/mol. The van der Waals surface area contributed by atoms with E-state index in [9.17, 15) is 0 Å². The number of nitrogens with zero attached hydrogens (tertiary/aromatic N) is 2. The summed E-state index contributed by atoms with van der Waals surface area (Å²) >= 11 is 0. The van der Waals surface area contributed by atoms with Crippen molar-refractivity contribution in [2.45, 2.75) is 57.9 Å². The first kappa shape index (κ1) is 22.3. The number of piperazine rings is 1. The second-order valence-corrected chi connectivity index (χ2v) is 7.78. The molecule has 0 aliphatic carbocycles. The first-order chi connectivity index (χ1) is 12.8. The number of halogens is 1. The average Bonchev–Trinajstić information content (AvgIpc) is 2.69. The minimum Gasteiger partial charge on any atom is -0.493 e. The van der Waals surface area contributed by atoms with Crippen LogP contribution in [0, 0.1) is 0 Å². The summed E-state index contributed by atoms with van der Waals surface area (Å²) in [5, 5.41) is 0. The lowest BCUT2D eigenvalue weighted by Crippen LogP contribution is -2.51. The van der Waals surface area contributed by atoms with Gasteiger partial charge in [-0.25, -0.2) is 0 Å². The van der Waals surface area contributed by atoms with Gasteiger partial charge in [-0.1, -0.05) is 39.0 Å². The van der Waals surface area contributed by atoms with Gasteiger partial charge >= 0.3 is 0 Å². The van der Waals surface area contributed by atoms with Crippen LogP contribution in [-0.2, 0) is 6.42 Å². The fourth-order valence-corrected chi connectivity index (χ4v) is 4.49. The van der Waals surface area contributed by atoms with Crippen LogP contribution in [0.2, 0.25) is 0 Å². The van der Waals surface area contributed by atoms with Crippen molar-refractivity contribution in [3.05, 3.63) is 23.3 Å². The van der Waals surface area contributed by atoms with Crippen LogP contribution in [0.4, 0.5) is 0 Å². The Kier molecular flexibility index (Phi) is 9.20. The van der Waals surface area contributed by atoms with Crippen LogP contribution in [0.5, 0.6) is 11.5 Å². The maximum absolute atomic E-state index is 5.56. The molecule has 4 nitrogen and oxygen atoms in total. The third-order valence-electron chi connectivity index (χ3n) is 6.08. The number of hydrogen-bond acceptors (Lipinski definition) is 4. The highest BCUT2D eigenvalue weighted by Gasteiger charge is 2.33. The summed E-state index contributed by atoms with van der Waals surface area (Å²) in [6, 6.07) is 4.92. The maximum atomic E-state index is 5.56. The van der Waals surface area contributed by atoms with Crippen molar-refractivity contribution in [2.75, 3.05) is 46.9 Å². The van der Waals surface area contributed by atoms with Gasteiger partial charge in [0.2, 0.25) is 0 Å². The molecule has 2 aliphatic heterocycles. The van der Waals surface area contributed by atoms with E-state index in [0.29, 0.717) is 6.04 Å². The monoisotopic (exact) mass is 396 g/mol. The normalized spacial score (nSPS) is 19.7. The summed E-state index contributed by atoms with van der Waals surface area (Å²) in [6.07, 6.45) is 9.37. The molecule has 0 N–H and O–H groups in total. The SMILES string of the molecule is CCCCCCCCN1CCN2CCc3cc(OC)c(OC)cc3C2C1.Cl. The van der Waals surface area contributed by atoms with Gasteiger partial charge in [-0.15, -0.1) is 12.4 Å². The molecule has 154 valence electrons. The molecule has 1 unspecified atom stereocenters. The molecule has 0 saturated carbocycles. The van der Waals surface area contributed by atoms with Crippen molar-refractivity contribution in [3.8, 4) is 11.5 Å². The maximum Gasteiger partial charge on any atom is 0.161 e. The minimum atomic E-state index is 0. The number of benzene rings is 1. The van der Waals surface area contributed by atoms with E-state index in [2.05, 4.69) is 28.9 Å². The van der Waals surface area contributed by atoms with Gasteiger partial charge in [-0.3, -0.25) is 4.90 Å². The van der Waals surface area contributed by atoms with Gasteiger partial charge in [0.15, 0.2) is 11.5 Å². The van der Waals surface area contributed by atoms with Gasteiger partial charge in [-0.2, -0.15) is 0 Å². The van der Waals surface area contributed by atoms with Crippen molar-refractivity contribution in [1.82, 2.24) is 9.80 Å². The van der Waals surface area contributed by atoms with Crippen LogP contribution >= 0.6 is 12.4 Å². The smallest absolute Gasteiger partial charge is 0.161 e. The molecule has 0 bridgehead atoms. The van der Waals surface area contributed by atoms with E-state index in [-0.39, 0.29) is 12.4 Å². The molecule has 0 radical (unpaired) electrons. The molecule has 1 atom stereocenters. The van der Waals surface area contributed by atoms with Crippen LogP contribution in [0.3, 0.4) is 0 Å². The lowest BCUT2D eigenvalue weighted by atomic mass is 9.90. The third-order valence-corrected chi connectivity index (χ3v) is 6.08. The Labute approximate surface area is 171 Å². The van der Waals surface area contributed by atoms with Crippen LogP contribution in [0.25, 0.3) is 0 Å². The van der Waals surface area contributed by atoms with Gasteiger partial charge in [0, 0.05) is 32.2 Å². The number of ether oxygens (including phenoxy) is 2. The first-order valence-corrected chi connectivity index (χ1v) is 10.5. The second-order valence-electron chi connectivity index (χ2n) is 7.78. The summed E-state index contributed by atoms with van der Waals surface area (Å²) in [6.45, 7) is 8.25. The Morgan fingerprint density at radius 1 is 0.926 bits per heavy atom. The predicted octanol–water partition coefficient (Wildman–Crippen LogP) is 4.70. The Hall–Kier alpha value is -0.970. The zero-order chi connectivity index (χ0) is 18.4. The van der Waals surface area contributed by atoms with E-state index >= 15 is 0 Å². The van der Waals surface area contributed by atoms with Gasteiger partial charge in [0.25, 0.3) is 0 Å². The van der Waals surface area contributed by atoms with Crippen LogP contribution in [0.15, 0.2) is 12.1 Å². The molecule has 2 heterocycles. The molecule has 1 aromatic carbocycles. The van der Waals surface area contributed by atoms with E-state index in [1.54, 1.807) is 14.2 Å². The Morgan fingerprint density at radius 3 is 2.37 bits per heavy atom. The Balaban J connectivity index is 0.00000261. The number of unbranched alkanes of at least 4 members (excludes halogenated alkanes) is 5. The fraction of sp³-hybridized carbons (Fsp3) is 0.727. The highest BCUT2D eigenvalue weighted by atomic mass is 35.5. The molecule has 0 amide bonds. The quantitative estimate of drug-likeness (QED) is 0.565. The van der Waals surface area contributed by atoms with E-state index in [1.807, 2.05) is 0 Å². The van der Waals surface area contributed by atoms with Gasteiger partial charge in [0.05, 0.1) is 14.2 Å². The van der Waals surface area contributed by atoms with E-state index in [4.69, 9.17) is 9.47 Å². The van der Waals surface area contributed by atoms with Crippen molar-refractivity contribution in [3.63, 3.8) is 0 Å². The Morgan fingerprint density at radius 2 is 1.63 bits per heavy atom. The van der Waals surface area contributed by atoms with Crippen molar-refractivity contribution >= 4 is 12.4 Å². The molecule has 1 aromatic rings. The summed E-state index contributed by atoms with van der Waals surface area (Å²) in [5.74, 6) is 1.72. The zero-order valence-corrected chi connectivity index (χ0v) is 18.2. The number of methoxy groups -OCH3 is 2. The summed E-state index contributed by atoms with van der Waals surface area (Å²) in [5.41, 5.74) is 2.88. The lowest BCUT2D eigenvalue weighted by Gasteiger charge is -2.45. The molecule has 27 heavy (non-hydrogen) atoms. The fourth-order valence-electron chi connectivity index (χ4n) is 4.49. The van der Waals surface area contributed by atoms with Crippen molar-refractivity contribution in [2.24, 2.45) is 0 Å². The standard InChI is InChI=1S/C22H36N2O2.ClH/c1-4-5-6-7-8-9-11-23-13-14-24-12-10-18-15-21(25-2)22(26-3)16-19(18)20(24)17-23;/h15-16,20H,4-14,17H2,1-3H3;1H. The van der Waals surface area contributed by atoms with E-state index in [0.717, 1.165) is 31.0 Å². The largest absolute Gasteiger partial charge is 0.493 e. The van der Waals surface area contributed by atoms with Crippen molar-refractivity contribution < 1.29 is 9.47 Å². The van der Waals surface area contributed by atoms with E-state index < -0.39 is 0 Å². The minimum absolute atomic E-state index is 0. The molecule has 1 fully saturated rings. The number of rotatable bonds is 9. The summed E-state index contributed by atoms with van der Waals surface area (Å²) in [4.78, 5) is 5.33. The average molecular weight is 397 g/mol. The van der Waals surface area contributed by atoms with Crippen LogP contribution in [0.1, 0.15) is 62.6 Å². The molecular formula is C22H37ClN2O2. The molecule has 0 spiro atoms. The summed E-state index contributed by atoms with van der Waals surface area (Å²) < 4.78 is 11.1. The van der Waals surface area contributed by atoms with Gasteiger partial charge in [0.1, 0.15) is 0 Å². The second kappa shape index (κ2) is 11.1. The topological polar surface area (TPSA) is 24.9 Å². The number of fused-ring (bicyclic) bond motifs is 3. The highest BCUT2D eigenvalue weighted by molar-refractivity contribution is 5.85.